The van der Waals surface area contributed by atoms with Gasteiger partial charge in [0.15, 0.2) is 8.68 Å². The molecule has 0 saturated carbocycles. The van der Waals surface area contributed by atoms with Gasteiger partial charge in [0.2, 0.25) is 0 Å². The fraction of sp³-hybridized carbons (Fsp3) is 0.571. The minimum Gasteiger partial charge on any atom is -0.232 e. The van der Waals surface area contributed by atoms with Gasteiger partial charge in [-0.05, 0) is 12.8 Å². The van der Waals surface area contributed by atoms with E-state index in [1.807, 2.05) is 0 Å². The average Bonchev–Trinajstić information content (AvgIpc) is 2.72. The summed E-state index contributed by atoms with van der Waals surface area (Å²) in [6.07, 6.45) is 3.19. The van der Waals surface area contributed by atoms with Crippen molar-refractivity contribution in [2.45, 2.75) is 17.1 Å². The van der Waals surface area contributed by atoms with Crippen LogP contribution in [0.3, 0.4) is 0 Å². The van der Waals surface area contributed by atoms with Crippen molar-refractivity contribution in [1.82, 2.24) is 9.29 Å². The number of halogens is 1. The first-order valence-electron chi connectivity index (χ1n) is 4.22. The van der Waals surface area contributed by atoms with Gasteiger partial charge in [0.25, 0.3) is 10.0 Å². The van der Waals surface area contributed by atoms with Crippen LogP contribution in [0.4, 0.5) is 0 Å². The van der Waals surface area contributed by atoms with Crippen LogP contribution in [0.2, 0.25) is 4.47 Å². The summed E-state index contributed by atoms with van der Waals surface area (Å²) >= 11 is 6.60. The first-order valence-corrected chi connectivity index (χ1v) is 6.85. The predicted octanol–water partition coefficient (Wildman–Crippen LogP) is 1.58. The van der Waals surface area contributed by atoms with Crippen LogP contribution in [0.1, 0.15) is 12.8 Å². The lowest BCUT2D eigenvalue weighted by Gasteiger charge is -2.12. The number of thiazole rings is 1. The van der Waals surface area contributed by atoms with Gasteiger partial charge < -0.3 is 0 Å². The van der Waals surface area contributed by atoms with E-state index in [0.717, 1.165) is 24.2 Å². The normalized spacial score (nSPS) is 18.9. The topological polar surface area (TPSA) is 50.3 Å². The van der Waals surface area contributed by atoms with Crippen molar-refractivity contribution in [3.8, 4) is 0 Å². The van der Waals surface area contributed by atoms with Gasteiger partial charge in [-0.3, -0.25) is 0 Å². The van der Waals surface area contributed by atoms with E-state index in [4.69, 9.17) is 11.6 Å². The largest absolute Gasteiger partial charge is 0.254 e. The molecule has 0 amide bonds. The molecule has 1 fully saturated rings. The molecule has 0 aliphatic carbocycles. The van der Waals surface area contributed by atoms with E-state index in [9.17, 15) is 8.42 Å². The minimum atomic E-state index is -3.31. The van der Waals surface area contributed by atoms with Crippen LogP contribution in [0.25, 0.3) is 0 Å². The average molecular weight is 253 g/mol. The number of nitrogens with zero attached hydrogens (tertiary/aromatic N) is 2. The van der Waals surface area contributed by atoms with E-state index in [2.05, 4.69) is 4.98 Å². The van der Waals surface area contributed by atoms with E-state index >= 15 is 0 Å². The summed E-state index contributed by atoms with van der Waals surface area (Å²) in [5, 5.41) is 0. The smallest absolute Gasteiger partial charge is 0.232 e. The third-order valence-corrected chi connectivity index (χ3v) is 5.57. The zero-order chi connectivity index (χ0) is 10.2. The first-order chi connectivity index (χ1) is 6.60. The van der Waals surface area contributed by atoms with Crippen LogP contribution in [0.5, 0.6) is 0 Å². The SMILES string of the molecule is O=S(=O)(c1cnc(Cl)s1)N1CCCC1. The Labute approximate surface area is 91.6 Å². The maximum atomic E-state index is 11.9. The Bertz CT molecular complexity index is 423. The molecule has 0 unspecified atom stereocenters. The van der Waals surface area contributed by atoms with Crippen LogP contribution in [0.15, 0.2) is 10.4 Å². The molecule has 0 atom stereocenters. The van der Waals surface area contributed by atoms with E-state index in [1.54, 1.807) is 0 Å². The van der Waals surface area contributed by atoms with Crippen LogP contribution in [-0.2, 0) is 10.0 Å². The molecular formula is C7H9ClN2O2S2. The lowest BCUT2D eigenvalue weighted by Crippen LogP contribution is -2.27. The molecule has 0 bridgehead atoms. The summed E-state index contributed by atoms with van der Waals surface area (Å²) < 4.78 is 25.8. The number of sulfonamides is 1. The highest BCUT2D eigenvalue weighted by Gasteiger charge is 2.28. The second-order valence-corrected chi connectivity index (χ2v) is 6.82. The summed E-state index contributed by atoms with van der Waals surface area (Å²) in [6.45, 7) is 1.22. The van der Waals surface area contributed by atoms with Crippen molar-refractivity contribution >= 4 is 33.0 Å². The fourth-order valence-corrected chi connectivity index (χ4v) is 4.38. The highest BCUT2D eigenvalue weighted by atomic mass is 35.5. The van der Waals surface area contributed by atoms with Crippen LogP contribution >= 0.6 is 22.9 Å². The third kappa shape index (κ3) is 1.79. The highest BCUT2D eigenvalue weighted by molar-refractivity contribution is 7.91. The Balaban J connectivity index is 2.32. The fourth-order valence-electron chi connectivity index (χ4n) is 1.41. The molecule has 78 valence electrons. The monoisotopic (exact) mass is 252 g/mol. The van der Waals surface area contributed by atoms with Gasteiger partial charge in [0.05, 0.1) is 6.20 Å². The molecule has 2 heterocycles. The molecule has 1 aliphatic heterocycles. The molecule has 0 N–H and O–H groups in total. The number of aromatic nitrogens is 1. The van der Waals surface area contributed by atoms with Gasteiger partial charge in [-0.2, -0.15) is 4.31 Å². The molecule has 2 rings (SSSR count). The van der Waals surface area contributed by atoms with Crippen molar-refractivity contribution in [3.05, 3.63) is 10.7 Å². The maximum absolute atomic E-state index is 11.9. The molecule has 0 aromatic carbocycles. The van der Waals surface area contributed by atoms with Gasteiger partial charge >= 0.3 is 0 Å². The quantitative estimate of drug-likeness (QED) is 0.803. The highest BCUT2D eigenvalue weighted by Crippen LogP contribution is 2.27. The van der Waals surface area contributed by atoms with E-state index in [-0.39, 0.29) is 8.68 Å². The maximum Gasteiger partial charge on any atom is 0.254 e. The van der Waals surface area contributed by atoms with Crippen LogP contribution < -0.4 is 0 Å². The Morgan fingerprint density at radius 1 is 1.43 bits per heavy atom. The van der Waals surface area contributed by atoms with Gasteiger partial charge in [-0.1, -0.05) is 22.9 Å². The molecule has 0 radical (unpaired) electrons. The molecule has 1 aromatic rings. The Kier molecular flexibility index (Phi) is 2.79. The summed E-state index contributed by atoms with van der Waals surface area (Å²) in [4.78, 5) is 3.73. The zero-order valence-electron chi connectivity index (χ0n) is 7.31. The number of rotatable bonds is 2. The lowest BCUT2D eigenvalue weighted by atomic mass is 10.4. The summed E-state index contributed by atoms with van der Waals surface area (Å²) in [5.41, 5.74) is 0. The van der Waals surface area contributed by atoms with Crippen molar-refractivity contribution < 1.29 is 8.42 Å². The second-order valence-electron chi connectivity index (χ2n) is 3.04. The second kappa shape index (κ2) is 3.77. The standard InChI is InChI=1S/C7H9ClN2O2S2/c8-7-9-5-6(13-7)14(11,12)10-3-1-2-4-10/h5H,1-4H2. The molecule has 4 nitrogen and oxygen atoms in total. The predicted molar refractivity (Wildman–Crippen MR) is 55.1 cm³/mol. The molecule has 0 spiro atoms. The Morgan fingerprint density at radius 2 is 2.07 bits per heavy atom. The van der Waals surface area contributed by atoms with Crippen molar-refractivity contribution in [3.63, 3.8) is 0 Å². The molecule has 14 heavy (non-hydrogen) atoms. The van der Waals surface area contributed by atoms with Crippen molar-refractivity contribution in [1.29, 1.82) is 0 Å². The molecular weight excluding hydrogens is 244 g/mol. The summed E-state index contributed by atoms with van der Waals surface area (Å²) in [5.74, 6) is 0. The van der Waals surface area contributed by atoms with Gasteiger partial charge in [-0.15, -0.1) is 0 Å². The zero-order valence-corrected chi connectivity index (χ0v) is 9.70. The first kappa shape index (κ1) is 10.4. The van der Waals surface area contributed by atoms with Crippen LogP contribution in [0, 0.1) is 0 Å². The molecule has 1 aromatic heterocycles. The third-order valence-electron chi connectivity index (χ3n) is 2.12. The minimum absolute atomic E-state index is 0.240. The van der Waals surface area contributed by atoms with Crippen molar-refractivity contribution in [2.24, 2.45) is 0 Å². The lowest BCUT2D eigenvalue weighted by molar-refractivity contribution is 0.479. The molecule has 7 heteroatoms. The van der Waals surface area contributed by atoms with Gasteiger partial charge in [0, 0.05) is 13.1 Å². The van der Waals surface area contributed by atoms with E-state index in [0.29, 0.717) is 13.1 Å². The van der Waals surface area contributed by atoms with Crippen molar-refractivity contribution in [2.75, 3.05) is 13.1 Å². The van der Waals surface area contributed by atoms with Crippen LogP contribution in [-0.4, -0.2) is 30.8 Å². The number of hydrogen-bond donors (Lipinski definition) is 0. The van der Waals surface area contributed by atoms with Gasteiger partial charge in [0.1, 0.15) is 0 Å². The Hall–Kier alpha value is -0.170. The molecule has 1 saturated heterocycles. The summed E-state index contributed by atoms with van der Waals surface area (Å²) in [7, 11) is -3.31. The van der Waals surface area contributed by atoms with E-state index in [1.165, 1.54) is 10.5 Å². The number of hydrogen-bond acceptors (Lipinski definition) is 4. The Morgan fingerprint density at radius 3 is 2.57 bits per heavy atom. The van der Waals surface area contributed by atoms with Gasteiger partial charge in [-0.25, -0.2) is 13.4 Å². The molecule has 1 aliphatic rings. The van der Waals surface area contributed by atoms with E-state index < -0.39 is 10.0 Å². The summed E-state index contributed by atoms with van der Waals surface area (Å²) in [6, 6.07) is 0.